The number of nitrogens with zero attached hydrogens (tertiary/aromatic N) is 2. The fourth-order valence-corrected chi connectivity index (χ4v) is 4.07. The number of pyridine rings is 1. The zero-order valence-electron chi connectivity index (χ0n) is 21.8. The van der Waals surface area contributed by atoms with Crippen molar-refractivity contribution in [1.82, 2.24) is 9.63 Å². The van der Waals surface area contributed by atoms with E-state index in [1.807, 2.05) is 10.6 Å². The highest BCUT2D eigenvalue weighted by atomic mass is 16.7. The van der Waals surface area contributed by atoms with Gasteiger partial charge >= 0.3 is 12.1 Å². The van der Waals surface area contributed by atoms with E-state index < -0.39 is 23.1 Å². The van der Waals surface area contributed by atoms with Gasteiger partial charge in [-0.3, -0.25) is 4.79 Å². The lowest BCUT2D eigenvalue weighted by atomic mass is 9.78. The van der Waals surface area contributed by atoms with Crippen molar-refractivity contribution < 1.29 is 28.6 Å². The van der Waals surface area contributed by atoms with Gasteiger partial charge in [-0.25, -0.2) is 9.59 Å². The first-order chi connectivity index (χ1) is 16.2. The molecule has 0 N–H and O–H groups in total. The average molecular weight is 487 g/mol. The van der Waals surface area contributed by atoms with Crippen LogP contribution in [0.25, 0.3) is 11.3 Å². The molecule has 1 amide bonds. The van der Waals surface area contributed by atoms with E-state index in [1.165, 1.54) is 27.3 Å². The lowest BCUT2D eigenvalue weighted by molar-refractivity contribution is -0.0574. The topological polar surface area (TPSA) is 96.3 Å². The van der Waals surface area contributed by atoms with Crippen LogP contribution in [0.3, 0.4) is 0 Å². The van der Waals surface area contributed by atoms with Crippen molar-refractivity contribution >= 4 is 12.1 Å². The molecule has 1 atom stereocenters. The minimum absolute atomic E-state index is 0.0140. The van der Waals surface area contributed by atoms with Crippen molar-refractivity contribution in [3.63, 3.8) is 0 Å². The number of hydroxylamine groups is 2. The summed E-state index contributed by atoms with van der Waals surface area (Å²) in [5.41, 5.74) is 1.05. The molecular formula is C26H34N2O7. The third-order valence-electron chi connectivity index (χ3n) is 5.78. The molecule has 2 heterocycles. The number of fused-ring (bicyclic) bond motifs is 3. The quantitative estimate of drug-likeness (QED) is 0.460. The lowest BCUT2D eigenvalue weighted by Gasteiger charge is -2.39. The molecule has 1 aromatic heterocycles. The van der Waals surface area contributed by atoms with Crippen LogP contribution in [0, 0.1) is 5.41 Å². The molecule has 0 bridgehead atoms. The standard InChI is InChI=1S/C26H34N2O7/c1-25(2,3)22-11-15-10-21(35-27(7)24(31)34-26(4,5)6)20(32-8)12-16(15)18-13-19(29)17(14-28(18)22)23(30)33-9/h10,12-14,22H,11H2,1-9H3. The first kappa shape index (κ1) is 26.1. The highest BCUT2D eigenvalue weighted by molar-refractivity contribution is 5.89. The zero-order chi connectivity index (χ0) is 26.3. The van der Waals surface area contributed by atoms with Crippen molar-refractivity contribution in [3.05, 3.63) is 45.7 Å². The second-order valence-corrected chi connectivity index (χ2v) is 10.7. The third-order valence-corrected chi connectivity index (χ3v) is 5.78. The summed E-state index contributed by atoms with van der Waals surface area (Å²) in [7, 11) is 4.22. The fraction of sp³-hybridized carbons (Fsp3) is 0.500. The Kier molecular flexibility index (Phi) is 6.93. The van der Waals surface area contributed by atoms with Crippen LogP contribution in [0.5, 0.6) is 11.5 Å². The molecular weight excluding hydrogens is 452 g/mol. The van der Waals surface area contributed by atoms with Gasteiger partial charge in [0.15, 0.2) is 16.9 Å². The van der Waals surface area contributed by atoms with Crippen LogP contribution in [0.1, 0.15) is 63.5 Å². The minimum Gasteiger partial charge on any atom is -0.493 e. The van der Waals surface area contributed by atoms with E-state index in [4.69, 9.17) is 19.0 Å². The van der Waals surface area contributed by atoms with E-state index in [9.17, 15) is 14.4 Å². The molecule has 1 aliphatic heterocycles. The van der Waals surface area contributed by atoms with Gasteiger partial charge < -0.3 is 23.6 Å². The van der Waals surface area contributed by atoms with Crippen LogP contribution in [0.4, 0.5) is 4.79 Å². The number of hydrogen-bond acceptors (Lipinski definition) is 7. The number of aromatic nitrogens is 1. The van der Waals surface area contributed by atoms with Crippen molar-refractivity contribution in [2.45, 2.75) is 59.6 Å². The Balaban J connectivity index is 2.12. The number of amides is 1. The molecule has 0 saturated carbocycles. The van der Waals surface area contributed by atoms with Crippen LogP contribution >= 0.6 is 0 Å². The Bertz CT molecular complexity index is 1200. The van der Waals surface area contributed by atoms with Gasteiger partial charge in [-0.05, 0) is 50.3 Å². The molecule has 1 unspecified atom stereocenters. The van der Waals surface area contributed by atoms with Gasteiger partial charge in [0, 0.05) is 23.9 Å². The second kappa shape index (κ2) is 9.28. The van der Waals surface area contributed by atoms with E-state index in [-0.39, 0.29) is 17.0 Å². The second-order valence-electron chi connectivity index (χ2n) is 10.7. The van der Waals surface area contributed by atoms with Gasteiger partial charge in [0.2, 0.25) is 0 Å². The van der Waals surface area contributed by atoms with E-state index in [0.717, 1.165) is 16.2 Å². The number of benzene rings is 1. The predicted octanol–water partition coefficient (Wildman–Crippen LogP) is 4.61. The molecule has 0 spiro atoms. The molecule has 190 valence electrons. The molecule has 0 saturated heterocycles. The first-order valence-corrected chi connectivity index (χ1v) is 11.4. The van der Waals surface area contributed by atoms with Crippen LogP contribution in [0.2, 0.25) is 0 Å². The summed E-state index contributed by atoms with van der Waals surface area (Å²) in [6.45, 7) is 11.6. The van der Waals surface area contributed by atoms with Gasteiger partial charge in [0.25, 0.3) is 0 Å². The number of esters is 1. The van der Waals surface area contributed by atoms with Crippen LogP contribution in [-0.4, -0.2) is 48.6 Å². The van der Waals surface area contributed by atoms with Gasteiger partial charge in [-0.15, -0.1) is 5.06 Å². The summed E-state index contributed by atoms with van der Waals surface area (Å²) >= 11 is 0. The number of methoxy groups -OCH3 is 2. The number of carbonyl (C=O) groups excluding carboxylic acids is 2. The maximum atomic E-state index is 12.8. The SMILES string of the molecule is COC(=O)c1cn2c(cc1=O)-c1cc(OC)c(ON(C)C(=O)OC(C)(C)C)cc1CC2C(C)(C)C. The fourth-order valence-electron chi connectivity index (χ4n) is 4.07. The number of rotatable bonds is 4. The zero-order valence-corrected chi connectivity index (χ0v) is 21.8. The van der Waals surface area contributed by atoms with Crippen LogP contribution in [-0.2, 0) is 15.9 Å². The molecule has 1 aliphatic rings. The largest absolute Gasteiger partial charge is 0.493 e. The highest BCUT2D eigenvalue weighted by Gasteiger charge is 2.35. The summed E-state index contributed by atoms with van der Waals surface area (Å²) in [6, 6.07) is 4.97. The molecule has 0 aliphatic carbocycles. The van der Waals surface area contributed by atoms with E-state index >= 15 is 0 Å². The van der Waals surface area contributed by atoms with Crippen LogP contribution in [0.15, 0.2) is 29.2 Å². The van der Waals surface area contributed by atoms with E-state index in [2.05, 4.69) is 20.8 Å². The van der Waals surface area contributed by atoms with Crippen molar-refractivity contribution in [2.24, 2.45) is 5.41 Å². The summed E-state index contributed by atoms with van der Waals surface area (Å²) in [6.07, 6.45) is 1.54. The molecule has 1 aromatic carbocycles. The third kappa shape index (κ3) is 5.44. The molecule has 2 aromatic rings. The lowest BCUT2D eigenvalue weighted by Crippen LogP contribution is -2.36. The van der Waals surface area contributed by atoms with Crippen molar-refractivity contribution in [2.75, 3.05) is 21.3 Å². The molecule has 3 rings (SSSR count). The molecule has 0 fully saturated rings. The van der Waals surface area contributed by atoms with Crippen molar-refractivity contribution in [3.8, 4) is 22.8 Å². The average Bonchev–Trinajstić information content (AvgIpc) is 2.75. The Morgan fingerprint density at radius 2 is 1.69 bits per heavy atom. The summed E-state index contributed by atoms with van der Waals surface area (Å²) in [5, 5.41) is 1.01. The number of hydrogen-bond donors (Lipinski definition) is 0. The van der Waals surface area contributed by atoms with Crippen LogP contribution < -0.4 is 15.0 Å². The Morgan fingerprint density at radius 3 is 2.23 bits per heavy atom. The molecule has 9 nitrogen and oxygen atoms in total. The highest BCUT2D eigenvalue weighted by Crippen LogP contribution is 2.45. The minimum atomic E-state index is -0.672. The Hall–Kier alpha value is -3.49. The molecule has 0 radical (unpaired) electrons. The molecule has 9 heteroatoms. The maximum absolute atomic E-state index is 12.8. The number of carbonyl (C=O) groups is 2. The predicted molar refractivity (Wildman–Crippen MR) is 131 cm³/mol. The summed E-state index contributed by atoms with van der Waals surface area (Å²) in [5.74, 6) is 0.0499. The van der Waals surface area contributed by atoms with E-state index in [1.54, 1.807) is 33.0 Å². The van der Waals surface area contributed by atoms with Gasteiger partial charge in [-0.1, -0.05) is 20.8 Å². The van der Waals surface area contributed by atoms with Gasteiger partial charge in [0.1, 0.15) is 11.2 Å². The summed E-state index contributed by atoms with van der Waals surface area (Å²) < 4.78 is 17.7. The summed E-state index contributed by atoms with van der Waals surface area (Å²) in [4.78, 5) is 43.2. The first-order valence-electron chi connectivity index (χ1n) is 11.4. The number of ether oxygens (including phenoxy) is 3. The smallest absolute Gasteiger partial charge is 0.443 e. The van der Waals surface area contributed by atoms with Gasteiger partial charge in [0.05, 0.1) is 27.0 Å². The Labute approximate surface area is 205 Å². The monoisotopic (exact) mass is 486 g/mol. The molecule has 35 heavy (non-hydrogen) atoms. The maximum Gasteiger partial charge on any atom is 0.443 e. The van der Waals surface area contributed by atoms with Crippen molar-refractivity contribution in [1.29, 1.82) is 0 Å². The normalized spacial score (nSPS) is 14.9. The van der Waals surface area contributed by atoms with E-state index in [0.29, 0.717) is 23.6 Å². The van der Waals surface area contributed by atoms with Gasteiger partial charge in [-0.2, -0.15) is 0 Å². The Morgan fingerprint density at radius 1 is 1.03 bits per heavy atom.